The molecule has 0 amide bonds. The van der Waals surface area contributed by atoms with E-state index >= 15 is 0 Å². The van der Waals surface area contributed by atoms with Crippen LogP contribution in [0.4, 0.5) is 5.82 Å². The molecule has 2 aromatic heterocycles. The molecule has 4 atom stereocenters. The second kappa shape index (κ2) is 9.44. The summed E-state index contributed by atoms with van der Waals surface area (Å²) >= 11 is 3.39. The van der Waals surface area contributed by atoms with Gasteiger partial charge in [0, 0.05) is 29.9 Å². The monoisotopic (exact) mass is 497 g/mol. The van der Waals surface area contributed by atoms with Gasteiger partial charge >= 0.3 is 0 Å². The topological polar surface area (TPSA) is 123 Å². The van der Waals surface area contributed by atoms with Crippen LogP contribution in [0.5, 0.6) is 0 Å². The molecule has 3 heterocycles. The van der Waals surface area contributed by atoms with Gasteiger partial charge in [0.05, 0.1) is 22.1 Å². The molecule has 1 aliphatic carbocycles. The summed E-state index contributed by atoms with van der Waals surface area (Å²) in [6.07, 6.45) is 12.5. The van der Waals surface area contributed by atoms with Gasteiger partial charge in [0.15, 0.2) is 0 Å². The van der Waals surface area contributed by atoms with E-state index in [4.69, 9.17) is 11.5 Å². The molecular weight excluding hydrogens is 470 g/mol. The van der Waals surface area contributed by atoms with Crippen LogP contribution >= 0.6 is 15.9 Å². The Hall–Kier alpha value is -2.68. The molecule has 1 saturated carbocycles. The fourth-order valence-corrected chi connectivity index (χ4v) is 4.88. The second-order valence-corrected chi connectivity index (χ2v) is 9.16. The molecule has 32 heavy (non-hydrogen) atoms. The number of aromatic nitrogens is 2. The van der Waals surface area contributed by atoms with Gasteiger partial charge in [-0.05, 0) is 64.9 Å². The van der Waals surface area contributed by atoms with E-state index in [2.05, 4.69) is 32.5 Å². The number of hydrogen-bond donors (Lipinski definition) is 4. The number of rotatable bonds is 6. The van der Waals surface area contributed by atoms with Crippen LogP contribution in [-0.4, -0.2) is 37.8 Å². The van der Waals surface area contributed by atoms with Crippen molar-refractivity contribution in [1.82, 2.24) is 9.55 Å². The number of aliphatic imine (C=N–C) groups is 1. The fraction of sp³-hybridized carbons (Fsp3) is 0.333. The number of anilines is 1. The lowest BCUT2D eigenvalue weighted by atomic mass is 9.95. The molecule has 1 aliphatic heterocycles. The standard InChI is InChI=1S/C24H28BrN5O2/c1-2-3-14(12-16-6-7-18(25)24(27)29-16)4-5-15-13-20(22(32)21(15)31)30-11-9-17-19(30)8-10-28-23(17)26/h2-3,7-12,15,20-22,31-32H,1,4-6,13H2,(H2,26,28)(H2,27,29)/b14-3-,16-12+/t15-,20+,21+,22-/m0/s1. The summed E-state index contributed by atoms with van der Waals surface area (Å²) in [7, 11) is 0. The quantitative estimate of drug-likeness (QED) is 0.453. The van der Waals surface area contributed by atoms with Gasteiger partial charge in [-0.3, -0.25) is 0 Å². The number of aliphatic hydroxyl groups is 2. The normalized spacial score (nSPS) is 27.6. The number of allylic oxidation sites excluding steroid dienone is 5. The maximum absolute atomic E-state index is 10.8. The Morgan fingerprint density at radius 2 is 2.09 bits per heavy atom. The van der Waals surface area contributed by atoms with Crippen molar-refractivity contribution >= 4 is 38.5 Å². The largest absolute Gasteiger partial charge is 0.390 e. The Morgan fingerprint density at radius 3 is 2.84 bits per heavy atom. The average Bonchev–Trinajstić information content (AvgIpc) is 3.32. The smallest absolute Gasteiger partial charge is 0.137 e. The van der Waals surface area contributed by atoms with Crippen LogP contribution in [0.3, 0.4) is 0 Å². The molecule has 7 nitrogen and oxygen atoms in total. The van der Waals surface area contributed by atoms with Gasteiger partial charge in [-0.25, -0.2) is 9.98 Å². The van der Waals surface area contributed by atoms with E-state index in [1.165, 1.54) is 0 Å². The van der Waals surface area contributed by atoms with Crippen LogP contribution in [0, 0.1) is 5.92 Å². The van der Waals surface area contributed by atoms with Crippen molar-refractivity contribution < 1.29 is 10.2 Å². The zero-order valence-corrected chi connectivity index (χ0v) is 19.3. The van der Waals surface area contributed by atoms with Gasteiger partial charge < -0.3 is 26.2 Å². The highest BCUT2D eigenvalue weighted by Crippen LogP contribution is 2.40. The molecule has 0 radical (unpaired) electrons. The summed E-state index contributed by atoms with van der Waals surface area (Å²) in [6, 6.07) is 3.58. The molecule has 8 heteroatoms. The Morgan fingerprint density at radius 1 is 1.28 bits per heavy atom. The molecule has 2 aliphatic rings. The van der Waals surface area contributed by atoms with Gasteiger partial charge in [0.25, 0.3) is 0 Å². The first-order valence-corrected chi connectivity index (χ1v) is 11.5. The van der Waals surface area contributed by atoms with Crippen molar-refractivity contribution in [2.75, 3.05) is 5.73 Å². The van der Waals surface area contributed by atoms with Crippen molar-refractivity contribution in [1.29, 1.82) is 0 Å². The van der Waals surface area contributed by atoms with Gasteiger partial charge in [-0.15, -0.1) is 0 Å². The lowest BCUT2D eigenvalue weighted by molar-refractivity contribution is 0.00555. The SMILES string of the molecule is C=C/C=C(\C=C1/CC=C(Br)C(N)=N1)CC[C@H]1C[C@@H](n2ccc3c(N)nccc32)[C@H](O)[C@@H]1O. The molecule has 0 unspecified atom stereocenters. The first kappa shape index (κ1) is 22.5. The van der Waals surface area contributed by atoms with Gasteiger partial charge in [0.1, 0.15) is 17.8 Å². The van der Waals surface area contributed by atoms with Crippen LogP contribution in [0.2, 0.25) is 0 Å². The van der Waals surface area contributed by atoms with E-state index < -0.39 is 12.2 Å². The molecule has 2 aromatic rings. The third kappa shape index (κ3) is 4.44. The molecule has 0 spiro atoms. The maximum atomic E-state index is 10.8. The lowest BCUT2D eigenvalue weighted by Gasteiger charge is -2.19. The molecule has 4 rings (SSSR count). The third-order valence-electron chi connectivity index (χ3n) is 6.29. The summed E-state index contributed by atoms with van der Waals surface area (Å²) in [5.74, 6) is 0.894. The highest BCUT2D eigenvalue weighted by Gasteiger charge is 2.42. The van der Waals surface area contributed by atoms with E-state index in [1.807, 2.05) is 41.1 Å². The van der Waals surface area contributed by atoms with Crippen LogP contribution in [0.15, 0.2) is 76.2 Å². The van der Waals surface area contributed by atoms with E-state index in [-0.39, 0.29) is 12.0 Å². The number of halogens is 1. The Kier molecular flexibility index (Phi) is 6.64. The fourth-order valence-electron chi connectivity index (χ4n) is 4.63. The number of hydrogen-bond acceptors (Lipinski definition) is 6. The summed E-state index contributed by atoms with van der Waals surface area (Å²) in [4.78, 5) is 8.56. The van der Waals surface area contributed by atoms with Crippen molar-refractivity contribution in [3.05, 3.63) is 71.2 Å². The lowest BCUT2D eigenvalue weighted by Crippen LogP contribution is -2.29. The molecule has 0 aromatic carbocycles. The predicted octanol–water partition coefficient (Wildman–Crippen LogP) is 3.72. The van der Waals surface area contributed by atoms with Crippen molar-refractivity contribution in [2.45, 2.75) is 43.9 Å². The minimum atomic E-state index is -0.847. The van der Waals surface area contributed by atoms with Crippen molar-refractivity contribution in [3.63, 3.8) is 0 Å². The maximum Gasteiger partial charge on any atom is 0.137 e. The highest BCUT2D eigenvalue weighted by atomic mass is 79.9. The first-order chi connectivity index (χ1) is 15.4. The molecule has 0 saturated heterocycles. The van der Waals surface area contributed by atoms with Gasteiger partial charge in [0.2, 0.25) is 0 Å². The number of aliphatic hydroxyl groups excluding tert-OH is 2. The number of nitrogens with two attached hydrogens (primary N) is 2. The predicted molar refractivity (Wildman–Crippen MR) is 132 cm³/mol. The molecule has 1 fully saturated rings. The summed E-state index contributed by atoms with van der Waals surface area (Å²) < 4.78 is 2.82. The van der Waals surface area contributed by atoms with Crippen molar-refractivity contribution in [2.24, 2.45) is 16.6 Å². The molecular formula is C24H28BrN5O2. The van der Waals surface area contributed by atoms with E-state index in [0.717, 1.165) is 39.5 Å². The van der Waals surface area contributed by atoms with Crippen LogP contribution < -0.4 is 11.5 Å². The summed E-state index contributed by atoms with van der Waals surface area (Å²) in [5, 5.41) is 22.4. The van der Waals surface area contributed by atoms with Gasteiger partial charge in [-0.1, -0.05) is 24.8 Å². The van der Waals surface area contributed by atoms with Crippen LogP contribution in [-0.2, 0) is 0 Å². The number of nitrogen functional groups attached to an aromatic ring is 1. The van der Waals surface area contributed by atoms with E-state index in [0.29, 0.717) is 24.5 Å². The average molecular weight is 498 g/mol. The Balaban J connectivity index is 1.48. The second-order valence-electron chi connectivity index (χ2n) is 8.30. The number of nitrogens with zero attached hydrogens (tertiary/aromatic N) is 3. The van der Waals surface area contributed by atoms with Gasteiger partial charge in [-0.2, -0.15) is 0 Å². The zero-order chi connectivity index (χ0) is 22.8. The Labute approximate surface area is 195 Å². The zero-order valence-electron chi connectivity index (χ0n) is 17.7. The molecule has 0 bridgehead atoms. The van der Waals surface area contributed by atoms with Crippen LogP contribution in [0.25, 0.3) is 10.9 Å². The Bertz CT molecular complexity index is 1150. The number of pyridine rings is 1. The van der Waals surface area contributed by atoms with Crippen molar-refractivity contribution in [3.8, 4) is 0 Å². The minimum Gasteiger partial charge on any atom is -0.390 e. The number of dihydropyridines is 1. The van der Waals surface area contributed by atoms with E-state index in [9.17, 15) is 10.2 Å². The van der Waals surface area contributed by atoms with Crippen LogP contribution in [0.1, 0.15) is 31.7 Å². The first-order valence-electron chi connectivity index (χ1n) is 10.7. The van der Waals surface area contributed by atoms with E-state index in [1.54, 1.807) is 12.3 Å². The number of fused-ring (bicyclic) bond motifs is 1. The highest BCUT2D eigenvalue weighted by molar-refractivity contribution is 9.12. The minimum absolute atomic E-state index is 0.0350. The summed E-state index contributed by atoms with van der Waals surface area (Å²) in [5.41, 5.74) is 14.8. The molecule has 6 N–H and O–H groups in total. The third-order valence-corrected chi connectivity index (χ3v) is 7.02. The molecule has 168 valence electrons. The number of amidine groups is 1. The summed E-state index contributed by atoms with van der Waals surface area (Å²) in [6.45, 7) is 3.82.